The van der Waals surface area contributed by atoms with Crippen molar-refractivity contribution < 1.29 is 4.79 Å². The van der Waals surface area contributed by atoms with Crippen LogP contribution in [0.5, 0.6) is 0 Å². The van der Waals surface area contributed by atoms with Gasteiger partial charge in [-0.25, -0.2) is 4.99 Å². The Bertz CT molecular complexity index is 547. The van der Waals surface area contributed by atoms with Crippen molar-refractivity contribution in [2.24, 2.45) is 4.99 Å². The van der Waals surface area contributed by atoms with Gasteiger partial charge in [0.05, 0.1) is 13.1 Å². The van der Waals surface area contributed by atoms with Gasteiger partial charge in [-0.05, 0) is 24.1 Å². The maximum atomic E-state index is 11.7. The molecule has 1 rings (SSSR count). The van der Waals surface area contributed by atoms with Crippen molar-refractivity contribution in [3.05, 3.63) is 33.8 Å². The minimum absolute atomic E-state index is 0.0143. The van der Waals surface area contributed by atoms with E-state index in [-0.39, 0.29) is 12.5 Å². The molecule has 1 aromatic rings. The number of unbranched alkanes of at least 4 members (excludes halogenated alkanes) is 1. The normalized spacial score (nSPS) is 11.3. The number of hydrogen-bond donors (Lipinski definition) is 2. The van der Waals surface area contributed by atoms with Crippen LogP contribution in [0.4, 0.5) is 0 Å². The van der Waals surface area contributed by atoms with E-state index < -0.39 is 0 Å². The lowest BCUT2D eigenvalue weighted by molar-refractivity contribution is -0.127. The zero-order valence-corrected chi connectivity index (χ0v) is 15.3. The van der Waals surface area contributed by atoms with Gasteiger partial charge in [-0.2, -0.15) is 0 Å². The molecule has 0 aliphatic rings. The zero-order valence-electron chi connectivity index (χ0n) is 13.8. The zero-order chi connectivity index (χ0) is 17.2. The fraction of sp³-hybridized carbons (Fsp3) is 0.500. The highest BCUT2D eigenvalue weighted by Gasteiger charge is 2.06. The first-order valence-corrected chi connectivity index (χ1v) is 8.36. The topological polar surface area (TPSA) is 56.7 Å². The monoisotopic (exact) mass is 358 g/mol. The summed E-state index contributed by atoms with van der Waals surface area (Å²) in [7, 11) is 3.44. The maximum absolute atomic E-state index is 11.7. The maximum Gasteiger partial charge on any atom is 0.241 e. The third-order valence-corrected chi connectivity index (χ3v) is 3.74. The van der Waals surface area contributed by atoms with Gasteiger partial charge < -0.3 is 15.5 Å². The lowest BCUT2D eigenvalue weighted by Crippen LogP contribution is -2.43. The number of halogens is 2. The molecule has 0 saturated heterocycles. The molecule has 7 heteroatoms. The van der Waals surface area contributed by atoms with E-state index in [1.165, 1.54) is 4.90 Å². The Morgan fingerprint density at radius 1 is 1.26 bits per heavy atom. The van der Waals surface area contributed by atoms with Crippen molar-refractivity contribution in [1.82, 2.24) is 15.5 Å². The van der Waals surface area contributed by atoms with Crippen LogP contribution in [-0.2, 0) is 11.3 Å². The molecule has 0 saturated carbocycles. The molecule has 1 aromatic carbocycles. The van der Waals surface area contributed by atoms with E-state index >= 15 is 0 Å². The molecule has 0 bridgehead atoms. The third-order valence-electron chi connectivity index (χ3n) is 3.15. The molecule has 0 aromatic heterocycles. The van der Waals surface area contributed by atoms with Crippen LogP contribution >= 0.6 is 23.2 Å². The summed E-state index contributed by atoms with van der Waals surface area (Å²) in [6.07, 6.45) is 2.12. The Morgan fingerprint density at radius 3 is 2.61 bits per heavy atom. The molecular formula is C16H24Cl2N4O. The number of carbonyl (C=O) groups excluding carboxylic acids is 1. The van der Waals surface area contributed by atoms with Crippen LogP contribution in [0.15, 0.2) is 23.2 Å². The quantitative estimate of drug-likeness (QED) is 0.447. The summed E-state index contributed by atoms with van der Waals surface area (Å²) in [4.78, 5) is 17.7. The molecule has 0 aliphatic heterocycles. The lowest BCUT2D eigenvalue weighted by Gasteiger charge is -2.15. The molecule has 0 fully saturated rings. The van der Waals surface area contributed by atoms with Crippen LogP contribution in [0, 0.1) is 0 Å². The average Bonchev–Trinajstić information content (AvgIpc) is 2.50. The smallest absolute Gasteiger partial charge is 0.241 e. The van der Waals surface area contributed by atoms with Crippen molar-refractivity contribution in [2.75, 3.05) is 27.2 Å². The number of likely N-dealkylation sites (N-methyl/N-ethyl adjacent to an activating group) is 1. The number of benzene rings is 1. The van der Waals surface area contributed by atoms with Crippen LogP contribution in [-0.4, -0.2) is 44.0 Å². The summed E-state index contributed by atoms with van der Waals surface area (Å²) in [5, 5.41) is 7.43. The predicted molar refractivity (Wildman–Crippen MR) is 97.2 cm³/mol. The minimum atomic E-state index is -0.0143. The van der Waals surface area contributed by atoms with Gasteiger partial charge in [0.2, 0.25) is 5.91 Å². The van der Waals surface area contributed by atoms with Gasteiger partial charge in [0.1, 0.15) is 0 Å². The number of nitrogens with one attached hydrogen (secondary N) is 2. The number of aliphatic imine (C=N–C) groups is 1. The minimum Gasteiger partial charge on any atom is -0.356 e. The molecule has 5 nitrogen and oxygen atoms in total. The first kappa shape index (κ1) is 19.6. The van der Waals surface area contributed by atoms with Crippen molar-refractivity contribution in [1.29, 1.82) is 0 Å². The Balaban J connectivity index is 2.70. The molecule has 0 radical (unpaired) electrons. The van der Waals surface area contributed by atoms with Gasteiger partial charge in [-0.1, -0.05) is 42.6 Å². The second-order valence-corrected chi connectivity index (χ2v) is 6.17. The summed E-state index contributed by atoms with van der Waals surface area (Å²) in [6.45, 7) is 3.52. The largest absolute Gasteiger partial charge is 0.356 e. The fourth-order valence-corrected chi connectivity index (χ4v) is 2.16. The number of hydrogen-bond acceptors (Lipinski definition) is 2. The number of nitrogens with zero attached hydrogens (tertiary/aromatic N) is 2. The van der Waals surface area contributed by atoms with Crippen molar-refractivity contribution in [2.45, 2.75) is 26.3 Å². The van der Waals surface area contributed by atoms with E-state index in [2.05, 4.69) is 22.5 Å². The predicted octanol–water partition coefficient (Wildman–Crippen LogP) is 2.92. The standard InChI is InChI=1S/C16H24Cl2N4O/c1-4-5-8-19-16(21-11-15(23)22(2)3)20-10-12-6-7-13(17)9-14(12)18/h6-7,9H,4-5,8,10-11H2,1-3H3,(H2,19,20,21). The van der Waals surface area contributed by atoms with Crippen molar-refractivity contribution in [3.63, 3.8) is 0 Å². The summed E-state index contributed by atoms with van der Waals surface area (Å²) in [6, 6.07) is 5.33. The van der Waals surface area contributed by atoms with Crippen LogP contribution in [0.2, 0.25) is 10.0 Å². The lowest BCUT2D eigenvalue weighted by atomic mass is 10.2. The number of carbonyl (C=O) groups is 1. The summed E-state index contributed by atoms with van der Waals surface area (Å²) >= 11 is 12.0. The Labute approximate surface area is 148 Å². The summed E-state index contributed by atoms with van der Waals surface area (Å²) < 4.78 is 0. The fourth-order valence-electron chi connectivity index (χ4n) is 1.69. The Morgan fingerprint density at radius 2 is 2.00 bits per heavy atom. The van der Waals surface area contributed by atoms with Crippen molar-refractivity contribution in [3.8, 4) is 0 Å². The second kappa shape index (κ2) is 10.3. The van der Waals surface area contributed by atoms with Gasteiger partial charge >= 0.3 is 0 Å². The van der Waals surface area contributed by atoms with Crippen LogP contribution in [0.25, 0.3) is 0 Å². The molecular weight excluding hydrogens is 335 g/mol. The van der Waals surface area contributed by atoms with Crippen LogP contribution in [0.1, 0.15) is 25.3 Å². The molecule has 0 spiro atoms. The molecule has 23 heavy (non-hydrogen) atoms. The molecule has 1 amide bonds. The number of amides is 1. The van der Waals surface area contributed by atoms with Crippen molar-refractivity contribution >= 4 is 35.1 Å². The van der Waals surface area contributed by atoms with Gasteiger partial charge in [-0.15, -0.1) is 0 Å². The molecule has 0 heterocycles. The Hall–Kier alpha value is -1.46. The highest BCUT2D eigenvalue weighted by atomic mass is 35.5. The van der Waals surface area contributed by atoms with E-state index in [0.29, 0.717) is 22.5 Å². The first-order chi connectivity index (χ1) is 10.9. The van der Waals surface area contributed by atoms with E-state index in [1.807, 2.05) is 6.07 Å². The first-order valence-electron chi connectivity index (χ1n) is 7.60. The van der Waals surface area contributed by atoms with Crippen LogP contribution < -0.4 is 10.6 Å². The van der Waals surface area contributed by atoms with Gasteiger partial charge in [0, 0.05) is 30.7 Å². The van der Waals surface area contributed by atoms with Gasteiger partial charge in [0.25, 0.3) is 0 Å². The molecule has 0 aliphatic carbocycles. The van der Waals surface area contributed by atoms with Gasteiger partial charge in [-0.3, -0.25) is 4.79 Å². The van der Waals surface area contributed by atoms with E-state index in [0.717, 1.165) is 24.9 Å². The van der Waals surface area contributed by atoms with E-state index in [4.69, 9.17) is 23.2 Å². The number of guanidine groups is 1. The molecule has 2 N–H and O–H groups in total. The van der Waals surface area contributed by atoms with E-state index in [9.17, 15) is 4.79 Å². The Kier molecular flexibility index (Phi) is 8.81. The third kappa shape index (κ3) is 7.57. The number of rotatable bonds is 7. The molecule has 0 unspecified atom stereocenters. The van der Waals surface area contributed by atoms with Gasteiger partial charge in [0.15, 0.2) is 5.96 Å². The second-order valence-electron chi connectivity index (χ2n) is 5.32. The van der Waals surface area contributed by atoms with Crippen LogP contribution in [0.3, 0.4) is 0 Å². The average molecular weight is 359 g/mol. The highest BCUT2D eigenvalue weighted by molar-refractivity contribution is 6.35. The summed E-state index contributed by atoms with van der Waals surface area (Å²) in [5.74, 6) is 0.583. The highest BCUT2D eigenvalue weighted by Crippen LogP contribution is 2.21. The molecule has 0 atom stereocenters. The summed E-state index contributed by atoms with van der Waals surface area (Å²) in [5.41, 5.74) is 0.881. The molecule has 128 valence electrons. The SMILES string of the molecule is CCCCNC(=NCc1ccc(Cl)cc1Cl)NCC(=O)N(C)C. The van der Waals surface area contributed by atoms with E-state index in [1.54, 1.807) is 26.2 Å².